The number of likely N-dealkylation sites (N-methyl/N-ethyl adjacent to an activating group) is 1. The molecule has 1 aliphatic carbocycles. The van der Waals surface area contributed by atoms with E-state index in [9.17, 15) is 4.79 Å². The van der Waals surface area contributed by atoms with E-state index in [2.05, 4.69) is 15.2 Å². The summed E-state index contributed by atoms with van der Waals surface area (Å²) in [6, 6.07) is 4.39. The third-order valence-corrected chi connectivity index (χ3v) is 5.15. The molecule has 0 radical (unpaired) electrons. The van der Waals surface area contributed by atoms with E-state index >= 15 is 0 Å². The first-order valence-corrected chi connectivity index (χ1v) is 9.11. The SMILES string of the molecule is CN(C)C(=O)CN=C(NC1CCCC1)N(C)Cc1ccc(Cl)s1.I. The fourth-order valence-corrected chi connectivity index (χ4v) is 3.70. The van der Waals surface area contributed by atoms with Crippen molar-refractivity contribution in [2.45, 2.75) is 38.3 Å². The Hall–Kier alpha value is -0.540. The van der Waals surface area contributed by atoms with E-state index in [0.717, 1.165) is 16.8 Å². The molecule has 136 valence electrons. The minimum Gasteiger partial charge on any atom is -0.353 e. The third-order valence-electron chi connectivity index (χ3n) is 3.93. The highest BCUT2D eigenvalue weighted by Gasteiger charge is 2.19. The molecule has 5 nitrogen and oxygen atoms in total. The molecule has 8 heteroatoms. The summed E-state index contributed by atoms with van der Waals surface area (Å²) < 4.78 is 0.790. The van der Waals surface area contributed by atoms with Gasteiger partial charge < -0.3 is 15.1 Å². The number of rotatable bonds is 5. The van der Waals surface area contributed by atoms with Crippen molar-refractivity contribution in [2.24, 2.45) is 4.99 Å². The minimum atomic E-state index is 0. The van der Waals surface area contributed by atoms with Crippen LogP contribution in [0.3, 0.4) is 0 Å². The zero-order valence-corrected chi connectivity index (χ0v) is 18.3. The topological polar surface area (TPSA) is 47.9 Å². The molecule has 1 fully saturated rings. The molecular formula is C16H26ClIN4OS. The second kappa shape index (κ2) is 10.5. The number of hydrogen-bond acceptors (Lipinski definition) is 3. The van der Waals surface area contributed by atoms with Crippen LogP contribution in [0.2, 0.25) is 4.34 Å². The van der Waals surface area contributed by atoms with Crippen LogP contribution in [-0.2, 0) is 11.3 Å². The first-order valence-electron chi connectivity index (χ1n) is 7.92. The summed E-state index contributed by atoms with van der Waals surface area (Å²) in [4.78, 5) is 21.2. The molecule has 1 amide bonds. The van der Waals surface area contributed by atoms with Crippen LogP contribution in [0, 0.1) is 0 Å². The van der Waals surface area contributed by atoms with Crippen LogP contribution in [0.25, 0.3) is 0 Å². The van der Waals surface area contributed by atoms with Crippen molar-refractivity contribution in [2.75, 3.05) is 27.7 Å². The average Bonchev–Trinajstić information content (AvgIpc) is 3.14. The zero-order valence-electron chi connectivity index (χ0n) is 14.4. The van der Waals surface area contributed by atoms with Gasteiger partial charge in [-0.3, -0.25) is 4.79 Å². The maximum absolute atomic E-state index is 11.8. The molecule has 1 heterocycles. The standard InChI is InChI=1S/C16H25ClN4OS.HI/c1-20(2)15(22)10-18-16(19-12-6-4-5-7-12)21(3)11-13-8-9-14(17)23-13;/h8-9,12H,4-7,10-11H2,1-3H3,(H,18,19);1H. The van der Waals surface area contributed by atoms with Gasteiger partial charge in [-0.15, -0.1) is 35.3 Å². The Bertz CT molecular complexity index is 558. The predicted molar refractivity (Wildman–Crippen MR) is 113 cm³/mol. The van der Waals surface area contributed by atoms with E-state index in [0.29, 0.717) is 6.04 Å². The summed E-state index contributed by atoms with van der Waals surface area (Å²) in [7, 11) is 5.49. The highest BCUT2D eigenvalue weighted by atomic mass is 127. The number of halogens is 2. The molecule has 1 N–H and O–H groups in total. The average molecular weight is 485 g/mol. The molecule has 0 unspecified atom stereocenters. The fraction of sp³-hybridized carbons (Fsp3) is 0.625. The number of hydrogen-bond donors (Lipinski definition) is 1. The van der Waals surface area contributed by atoms with E-state index in [-0.39, 0.29) is 36.4 Å². The molecule has 0 saturated heterocycles. The highest BCUT2D eigenvalue weighted by molar-refractivity contribution is 14.0. The van der Waals surface area contributed by atoms with E-state index in [1.165, 1.54) is 30.6 Å². The van der Waals surface area contributed by atoms with Gasteiger partial charge in [0.2, 0.25) is 5.91 Å². The maximum Gasteiger partial charge on any atom is 0.243 e. The second-order valence-corrected chi connectivity index (χ2v) is 7.92. The molecule has 0 atom stereocenters. The van der Waals surface area contributed by atoms with Gasteiger partial charge in [-0.05, 0) is 25.0 Å². The summed E-state index contributed by atoms with van der Waals surface area (Å²) in [5.74, 6) is 0.792. The lowest BCUT2D eigenvalue weighted by molar-refractivity contribution is -0.127. The normalized spacial score (nSPS) is 15.1. The molecule has 1 aliphatic rings. The van der Waals surface area contributed by atoms with Crippen molar-refractivity contribution in [1.82, 2.24) is 15.1 Å². The van der Waals surface area contributed by atoms with Gasteiger partial charge in [-0.2, -0.15) is 0 Å². The number of nitrogens with one attached hydrogen (secondary N) is 1. The van der Waals surface area contributed by atoms with Gasteiger partial charge in [-0.1, -0.05) is 24.4 Å². The Labute approximate surface area is 170 Å². The lowest BCUT2D eigenvalue weighted by Crippen LogP contribution is -2.43. The molecular weight excluding hydrogens is 459 g/mol. The van der Waals surface area contributed by atoms with Crippen LogP contribution in [0.4, 0.5) is 0 Å². The largest absolute Gasteiger partial charge is 0.353 e. The van der Waals surface area contributed by atoms with Crippen LogP contribution < -0.4 is 5.32 Å². The van der Waals surface area contributed by atoms with Crippen molar-refractivity contribution in [3.8, 4) is 0 Å². The van der Waals surface area contributed by atoms with Crippen LogP contribution in [-0.4, -0.2) is 55.4 Å². The number of amides is 1. The van der Waals surface area contributed by atoms with Crippen molar-refractivity contribution >= 4 is 58.8 Å². The smallest absolute Gasteiger partial charge is 0.243 e. The van der Waals surface area contributed by atoms with Gasteiger partial charge in [-0.25, -0.2) is 4.99 Å². The maximum atomic E-state index is 11.8. The molecule has 1 aromatic heterocycles. The Morgan fingerprint density at radius 1 is 1.33 bits per heavy atom. The molecule has 0 aromatic carbocycles. The Morgan fingerprint density at radius 3 is 2.54 bits per heavy atom. The van der Waals surface area contributed by atoms with E-state index < -0.39 is 0 Å². The quantitative estimate of drug-likeness (QED) is 0.396. The molecule has 1 saturated carbocycles. The van der Waals surface area contributed by atoms with Gasteiger partial charge in [0, 0.05) is 32.1 Å². The van der Waals surface area contributed by atoms with Gasteiger partial charge in [0.1, 0.15) is 6.54 Å². The third kappa shape index (κ3) is 6.76. The van der Waals surface area contributed by atoms with Gasteiger partial charge >= 0.3 is 0 Å². The molecule has 2 rings (SSSR count). The Morgan fingerprint density at radius 2 is 2.00 bits per heavy atom. The summed E-state index contributed by atoms with van der Waals surface area (Å²) in [6.07, 6.45) is 4.84. The van der Waals surface area contributed by atoms with E-state index in [4.69, 9.17) is 11.6 Å². The number of carbonyl (C=O) groups excluding carboxylic acids is 1. The molecule has 0 bridgehead atoms. The van der Waals surface area contributed by atoms with Crippen LogP contribution in [0.15, 0.2) is 17.1 Å². The number of carbonyl (C=O) groups is 1. The predicted octanol–water partition coefficient (Wildman–Crippen LogP) is 3.43. The summed E-state index contributed by atoms with van der Waals surface area (Å²) in [5, 5.41) is 3.51. The van der Waals surface area contributed by atoms with Gasteiger partial charge in [0.05, 0.1) is 10.9 Å². The van der Waals surface area contributed by atoms with Crippen LogP contribution in [0.5, 0.6) is 0 Å². The summed E-state index contributed by atoms with van der Waals surface area (Å²) in [5.41, 5.74) is 0. The van der Waals surface area contributed by atoms with Crippen molar-refractivity contribution in [1.29, 1.82) is 0 Å². The molecule has 0 spiro atoms. The number of thiophene rings is 1. The first kappa shape index (κ1) is 21.5. The van der Waals surface area contributed by atoms with Gasteiger partial charge in [0.15, 0.2) is 5.96 Å². The monoisotopic (exact) mass is 484 g/mol. The van der Waals surface area contributed by atoms with Crippen molar-refractivity contribution < 1.29 is 4.79 Å². The van der Waals surface area contributed by atoms with Crippen molar-refractivity contribution in [3.05, 3.63) is 21.3 Å². The molecule has 1 aromatic rings. The van der Waals surface area contributed by atoms with Crippen LogP contribution in [0.1, 0.15) is 30.6 Å². The highest BCUT2D eigenvalue weighted by Crippen LogP contribution is 2.23. The summed E-state index contributed by atoms with van der Waals surface area (Å²) in [6.45, 7) is 0.893. The number of nitrogens with zero attached hydrogens (tertiary/aromatic N) is 3. The zero-order chi connectivity index (χ0) is 16.8. The lowest BCUT2D eigenvalue weighted by Gasteiger charge is -2.25. The molecule has 24 heavy (non-hydrogen) atoms. The fourth-order valence-electron chi connectivity index (χ4n) is 2.56. The Kier molecular flexibility index (Phi) is 9.36. The van der Waals surface area contributed by atoms with E-state index in [1.807, 2.05) is 19.2 Å². The minimum absolute atomic E-state index is 0. The van der Waals surface area contributed by atoms with Gasteiger partial charge in [0.25, 0.3) is 0 Å². The molecule has 0 aliphatic heterocycles. The first-order chi connectivity index (χ1) is 11.0. The number of guanidine groups is 1. The number of aliphatic imine (C=N–C) groups is 1. The second-order valence-electron chi connectivity index (χ2n) is 6.12. The lowest BCUT2D eigenvalue weighted by atomic mass is 10.2. The van der Waals surface area contributed by atoms with Crippen molar-refractivity contribution in [3.63, 3.8) is 0 Å². The van der Waals surface area contributed by atoms with Crippen LogP contribution >= 0.6 is 46.9 Å². The summed E-state index contributed by atoms with van der Waals surface area (Å²) >= 11 is 7.57. The van der Waals surface area contributed by atoms with E-state index in [1.54, 1.807) is 30.3 Å². The Balaban J connectivity index is 0.00000288.